The van der Waals surface area contributed by atoms with Crippen LogP contribution < -0.4 is 11.1 Å². The van der Waals surface area contributed by atoms with E-state index in [1.807, 2.05) is 0 Å². The number of aromatic amines is 1. The summed E-state index contributed by atoms with van der Waals surface area (Å²) in [6.45, 7) is 0. The molecule has 0 aliphatic rings. The molecule has 100 valence electrons. The number of hydrogen-bond acceptors (Lipinski definition) is 4. The molecular formula is C13H10ClN5O. The van der Waals surface area contributed by atoms with Gasteiger partial charge in [0.15, 0.2) is 0 Å². The minimum absolute atomic E-state index is 0.287. The second-order valence-electron chi connectivity index (χ2n) is 4.21. The van der Waals surface area contributed by atoms with Gasteiger partial charge in [0.1, 0.15) is 5.82 Å². The van der Waals surface area contributed by atoms with Gasteiger partial charge < -0.3 is 11.1 Å². The van der Waals surface area contributed by atoms with E-state index in [4.69, 9.17) is 17.3 Å². The lowest BCUT2D eigenvalue weighted by Crippen LogP contribution is -2.12. The third-order valence-corrected chi connectivity index (χ3v) is 3.03. The lowest BCUT2D eigenvalue weighted by molar-refractivity contribution is 0.102. The smallest absolute Gasteiger partial charge is 0.256 e. The molecular weight excluding hydrogens is 278 g/mol. The number of carbonyl (C=O) groups is 1. The van der Waals surface area contributed by atoms with Gasteiger partial charge in [0.25, 0.3) is 5.91 Å². The van der Waals surface area contributed by atoms with E-state index < -0.39 is 0 Å². The normalized spacial score (nSPS) is 10.7. The molecule has 0 radical (unpaired) electrons. The standard InChI is InChI=1S/C13H10ClN5O/c14-7-3-9(10-6-17-19-11(10)4-7)13(20)18-8-1-2-12(15)16-5-8/h1-6H,(H2,15,16)(H,17,19)(H,18,20). The largest absolute Gasteiger partial charge is 0.384 e. The molecule has 0 atom stereocenters. The van der Waals surface area contributed by atoms with Gasteiger partial charge in [-0.3, -0.25) is 9.89 Å². The van der Waals surface area contributed by atoms with Crippen LogP contribution in [0.1, 0.15) is 10.4 Å². The zero-order chi connectivity index (χ0) is 14.1. The van der Waals surface area contributed by atoms with Gasteiger partial charge in [-0.1, -0.05) is 11.6 Å². The van der Waals surface area contributed by atoms with Crippen molar-refractivity contribution in [2.75, 3.05) is 11.1 Å². The Bertz CT molecular complexity index is 781. The number of benzene rings is 1. The van der Waals surface area contributed by atoms with Crippen LogP contribution >= 0.6 is 11.6 Å². The van der Waals surface area contributed by atoms with Crippen molar-refractivity contribution in [3.63, 3.8) is 0 Å². The third kappa shape index (κ3) is 2.28. The molecule has 0 unspecified atom stereocenters. The number of carbonyl (C=O) groups excluding carboxylic acids is 1. The molecule has 20 heavy (non-hydrogen) atoms. The maximum absolute atomic E-state index is 12.3. The first kappa shape index (κ1) is 12.4. The molecule has 0 spiro atoms. The van der Waals surface area contributed by atoms with Crippen molar-refractivity contribution < 1.29 is 4.79 Å². The highest BCUT2D eigenvalue weighted by Gasteiger charge is 2.13. The van der Waals surface area contributed by atoms with Crippen molar-refractivity contribution in [2.45, 2.75) is 0 Å². The van der Waals surface area contributed by atoms with Crippen LogP contribution in [0.4, 0.5) is 11.5 Å². The monoisotopic (exact) mass is 287 g/mol. The van der Waals surface area contributed by atoms with E-state index in [1.165, 1.54) is 6.20 Å². The molecule has 2 heterocycles. The maximum atomic E-state index is 12.3. The number of hydrogen-bond donors (Lipinski definition) is 3. The van der Waals surface area contributed by atoms with E-state index >= 15 is 0 Å². The molecule has 0 saturated carbocycles. The number of nitrogen functional groups attached to an aromatic ring is 1. The van der Waals surface area contributed by atoms with Crippen molar-refractivity contribution in [3.8, 4) is 0 Å². The number of nitrogens with two attached hydrogens (primary N) is 1. The molecule has 6 nitrogen and oxygen atoms in total. The summed E-state index contributed by atoms with van der Waals surface area (Å²) in [6, 6.07) is 6.60. The summed E-state index contributed by atoms with van der Waals surface area (Å²) in [6.07, 6.45) is 3.08. The Balaban J connectivity index is 1.96. The summed E-state index contributed by atoms with van der Waals surface area (Å²) in [5.41, 5.74) is 7.20. The number of nitrogens with one attached hydrogen (secondary N) is 2. The predicted molar refractivity (Wildman–Crippen MR) is 77.7 cm³/mol. The van der Waals surface area contributed by atoms with Crippen LogP contribution in [0.5, 0.6) is 0 Å². The molecule has 0 fully saturated rings. The van der Waals surface area contributed by atoms with Gasteiger partial charge in [-0.05, 0) is 24.3 Å². The summed E-state index contributed by atoms with van der Waals surface area (Å²) < 4.78 is 0. The first-order chi connectivity index (χ1) is 9.63. The fourth-order valence-electron chi connectivity index (χ4n) is 1.88. The number of halogens is 1. The minimum atomic E-state index is -0.287. The van der Waals surface area contributed by atoms with Crippen LogP contribution in [0.3, 0.4) is 0 Å². The van der Waals surface area contributed by atoms with Crippen molar-refractivity contribution in [3.05, 3.63) is 47.2 Å². The second-order valence-corrected chi connectivity index (χ2v) is 4.65. The molecule has 1 aromatic carbocycles. The van der Waals surface area contributed by atoms with Gasteiger partial charge in [-0.25, -0.2) is 4.98 Å². The zero-order valence-electron chi connectivity index (χ0n) is 10.2. The average molecular weight is 288 g/mol. The number of pyridine rings is 1. The Morgan fingerprint density at radius 1 is 1.30 bits per heavy atom. The molecule has 0 bridgehead atoms. The van der Waals surface area contributed by atoms with E-state index in [-0.39, 0.29) is 5.91 Å². The van der Waals surface area contributed by atoms with Gasteiger partial charge in [-0.15, -0.1) is 0 Å². The fourth-order valence-corrected chi connectivity index (χ4v) is 2.10. The Labute approximate surface area is 119 Å². The van der Waals surface area contributed by atoms with Crippen molar-refractivity contribution in [1.29, 1.82) is 0 Å². The molecule has 3 aromatic rings. The summed E-state index contributed by atoms with van der Waals surface area (Å²) in [5.74, 6) is 0.105. The maximum Gasteiger partial charge on any atom is 0.256 e. The summed E-state index contributed by atoms with van der Waals surface area (Å²) in [4.78, 5) is 16.2. The summed E-state index contributed by atoms with van der Waals surface area (Å²) in [5, 5.41) is 10.6. The lowest BCUT2D eigenvalue weighted by Gasteiger charge is -2.06. The molecule has 0 saturated heterocycles. The highest BCUT2D eigenvalue weighted by Crippen LogP contribution is 2.23. The van der Waals surface area contributed by atoms with Crippen LogP contribution in [0, 0.1) is 0 Å². The van der Waals surface area contributed by atoms with E-state index in [2.05, 4.69) is 20.5 Å². The van der Waals surface area contributed by atoms with Gasteiger partial charge in [-0.2, -0.15) is 5.10 Å². The molecule has 1 amide bonds. The van der Waals surface area contributed by atoms with Gasteiger partial charge in [0.2, 0.25) is 0 Å². The topological polar surface area (TPSA) is 96.7 Å². The highest BCUT2D eigenvalue weighted by molar-refractivity contribution is 6.32. The van der Waals surface area contributed by atoms with Gasteiger partial charge in [0.05, 0.1) is 29.2 Å². The Hall–Kier alpha value is -2.60. The van der Waals surface area contributed by atoms with Crippen molar-refractivity contribution in [1.82, 2.24) is 15.2 Å². The molecule has 3 rings (SSSR count). The minimum Gasteiger partial charge on any atom is -0.384 e. The van der Waals surface area contributed by atoms with Crippen LogP contribution in [0.15, 0.2) is 36.7 Å². The summed E-state index contributed by atoms with van der Waals surface area (Å²) in [7, 11) is 0. The zero-order valence-corrected chi connectivity index (χ0v) is 11.0. The van der Waals surface area contributed by atoms with Crippen LogP contribution in [0.2, 0.25) is 5.02 Å². The number of H-pyrrole nitrogens is 1. The number of rotatable bonds is 2. The molecule has 0 aliphatic heterocycles. The van der Waals surface area contributed by atoms with E-state index in [1.54, 1.807) is 30.5 Å². The number of aromatic nitrogens is 3. The molecule has 0 aliphatic carbocycles. The first-order valence-corrected chi connectivity index (χ1v) is 6.17. The summed E-state index contributed by atoms with van der Waals surface area (Å²) >= 11 is 5.99. The lowest BCUT2D eigenvalue weighted by atomic mass is 10.1. The van der Waals surface area contributed by atoms with Crippen molar-refractivity contribution in [2.24, 2.45) is 0 Å². The Kier molecular flexibility index (Phi) is 3.00. The van der Waals surface area contributed by atoms with Gasteiger partial charge in [0, 0.05) is 10.4 Å². The first-order valence-electron chi connectivity index (χ1n) is 5.79. The SMILES string of the molecule is Nc1ccc(NC(=O)c2cc(Cl)cc3[nH]ncc23)cn1. The number of fused-ring (bicyclic) bond motifs is 1. The van der Waals surface area contributed by atoms with Crippen LogP contribution in [0.25, 0.3) is 10.9 Å². The quantitative estimate of drug-likeness (QED) is 0.674. The van der Waals surface area contributed by atoms with Crippen LogP contribution in [-0.2, 0) is 0 Å². The predicted octanol–water partition coefficient (Wildman–Crippen LogP) is 2.45. The molecule has 2 aromatic heterocycles. The second kappa shape index (κ2) is 4.82. The van der Waals surface area contributed by atoms with Crippen molar-refractivity contribution >= 4 is 39.9 Å². The van der Waals surface area contributed by atoms with Crippen LogP contribution in [-0.4, -0.2) is 21.1 Å². The van der Waals surface area contributed by atoms with E-state index in [0.717, 1.165) is 0 Å². The fraction of sp³-hybridized carbons (Fsp3) is 0. The van der Waals surface area contributed by atoms with Gasteiger partial charge >= 0.3 is 0 Å². The van der Waals surface area contributed by atoms with E-state index in [9.17, 15) is 4.79 Å². The Morgan fingerprint density at radius 2 is 2.15 bits per heavy atom. The Morgan fingerprint density at radius 3 is 2.90 bits per heavy atom. The number of amides is 1. The van der Waals surface area contributed by atoms with E-state index in [0.29, 0.717) is 33.0 Å². The highest BCUT2D eigenvalue weighted by atomic mass is 35.5. The third-order valence-electron chi connectivity index (χ3n) is 2.81. The molecule has 4 N–H and O–H groups in total. The average Bonchev–Trinajstić information content (AvgIpc) is 2.88. The molecule has 7 heteroatoms. The number of nitrogens with zero attached hydrogens (tertiary/aromatic N) is 2. The number of anilines is 2.